The fourth-order valence-corrected chi connectivity index (χ4v) is 5.83. The number of likely N-dealkylation sites (tertiary alicyclic amines) is 1. The molecule has 1 saturated heterocycles. The van der Waals surface area contributed by atoms with Crippen LogP contribution in [0.4, 0.5) is 20.2 Å². The maximum Gasteiger partial charge on any atom is 0.258 e. The van der Waals surface area contributed by atoms with Crippen molar-refractivity contribution in [3.63, 3.8) is 0 Å². The molecule has 0 atom stereocenters. The number of aryl methyl sites for hydroxylation is 1. The van der Waals surface area contributed by atoms with E-state index in [1.165, 1.54) is 36.5 Å². The maximum atomic E-state index is 13.7. The average molecular weight is 527 g/mol. The Kier molecular flexibility index (Phi) is 6.96. The second kappa shape index (κ2) is 10.2. The largest absolute Gasteiger partial charge is 0.355 e. The number of anilines is 2. The van der Waals surface area contributed by atoms with E-state index in [9.17, 15) is 22.0 Å². The van der Waals surface area contributed by atoms with Crippen LogP contribution in [0.3, 0.4) is 0 Å². The first-order valence-electron chi connectivity index (χ1n) is 12.3. The summed E-state index contributed by atoms with van der Waals surface area (Å²) in [5.41, 5.74) is 2.72. The van der Waals surface area contributed by atoms with Crippen LogP contribution < -0.4 is 10.0 Å². The van der Waals surface area contributed by atoms with Gasteiger partial charge in [0.25, 0.3) is 15.9 Å². The molecule has 10 heteroatoms. The van der Waals surface area contributed by atoms with Gasteiger partial charge in [-0.15, -0.1) is 0 Å². The molecule has 2 N–H and O–H groups in total. The van der Waals surface area contributed by atoms with Crippen LogP contribution in [0.1, 0.15) is 53.1 Å². The summed E-state index contributed by atoms with van der Waals surface area (Å²) in [6.07, 6.45) is 4.30. The highest BCUT2D eigenvalue weighted by molar-refractivity contribution is 7.89. The van der Waals surface area contributed by atoms with E-state index in [0.29, 0.717) is 24.3 Å². The summed E-state index contributed by atoms with van der Waals surface area (Å²) >= 11 is 0. The average Bonchev–Trinajstić information content (AvgIpc) is 3.69. The van der Waals surface area contributed by atoms with Crippen molar-refractivity contribution in [1.82, 2.24) is 14.6 Å². The number of aromatic nitrogens is 1. The number of amides is 1. The van der Waals surface area contributed by atoms with E-state index in [1.54, 1.807) is 30.0 Å². The molecule has 5 rings (SSSR count). The van der Waals surface area contributed by atoms with Crippen LogP contribution in [0.2, 0.25) is 0 Å². The molecule has 194 valence electrons. The van der Waals surface area contributed by atoms with Crippen molar-refractivity contribution in [2.24, 2.45) is 0 Å². The van der Waals surface area contributed by atoms with Gasteiger partial charge in [0.05, 0.1) is 11.3 Å². The number of halogens is 2. The van der Waals surface area contributed by atoms with Crippen LogP contribution in [0.25, 0.3) is 0 Å². The predicted molar refractivity (Wildman–Crippen MR) is 136 cm³/mol. The van der Waals surface area contributed by atoms with Crippen molar-refractivity contribution >= 4 is 27.3 Å². The molecule has 7 nitrogen and oxygen atoms in total. The number of nitrogens with zero attached hydrogens (tertiary/aromatic N) is 2. The molecule has 1 amide bonds. The molecule has 2 fully saturated rings. The lowest BCUT2D eigenvalue weighted by atomic mass is 9.89. The summed E-state index contributed by atoms with van der Waals surface area (Å²) in [5.74, 6) is -0.720. The van der Waals surface area contributed by atoms with Crippen LogP contribution in [0.15, 0.2) is 59.8 Å². The van der Waals surface area contributed by atoms with Gasteiger partial charge in [-0.05, 0) is 80.0 Å². The minimum atomic E-state index is -3.85. The molecule has 1 aromatic heterocycles. The molecule has 1 aliphatic heterocycles. The fraction of sp³-hybridized carbons (Fsp3) is 0.333. The number of hydrogen-bond acceptors (Lipinski definition) is 5. The highest BCUT2D eigenvalue weighted by Crippen LogP contribution is 2.32. The van der Waals surface area contributed by atoms with E-state index in [0.717, 1.165) is 31.2 Å². The standard InChI is InChI=1S/C27H28F2N4O3S/c1-17-14-21(29)6-9-24(17)31-25-15-26(37(35,36)32-22-7-8-22)30-16-23(25)27(34)33-12-10-19(11-13-33)18-2-4-20(28)5-3-18/h2-6,9,14-16,19,22,32H,7-8,10-13H2,1H3,(H,30,31). The molecule has 1 aliphatic carbocycles. The molecule has 2 aliphatic rings. The topological polar surface area (TPSA) is 91.4 Å². The Labute approximate surface area is 215 Å². The van der Waals surface area contributed by atoms with E-state index >= 15 is 0 Å². The summed E-state index contributed by atoms with van der Waals surface area (Å²) in [5, 5.41) is 2.94. The quantitative estimate of drug-likeness (QED) is 0.458. The summed E-state index contributed by atoms with van der Waals surface area (Å²) in [6.45, 7) is 2.72. The Hall–Kier alpha value is -3.37. The van der Waals surface area contributed by atoms with Gasteiger partial charge in [0.15, 0.2) is 5.03 Å². The summed E-state index contributed by atoms with van der Waals surface area (Å²) in [4.78, 5) is 19.4. The molecular weight excluding hydrogens is 498 g/mol. The zero-order chi connectivity index (χ0) is 26.2. The van der Waals surface area contributed by atoms with Crippen LogP contribution in [0.5, 0.6) is 0 Å². The number of carbonyl (C=O) groups is 1. The van der Waals surface area contributed by atoms with E-state index < -0.39 is 15.8 Å². The molecular formula is C27H28F2N4O3S. The molecule has 37 heavy (non-hydrogen) atoms. The number of rotatable bonds is 7. The lowest BCUT2D eigenvalue weighted by Gasteiger charge is -2.32. The van der Waals surface area contributed by atoms with Gasteiger partial charge in [-0.2, -0.15) is 0 Å². The fourth-order valence-electron chi connectivity index (χ4n) is 4.57. The summed E-state index contributed by atoms with van der Waals surface area (Å²) in [6, 6.07) is 11.9. The minimum absolute atomic E-state index is 0.0914. The number of benzene rings is 2. The molecule has 0 bridgehead atoms. The Morgan fingerprint density at radius 3 is 2.27 bits per heavy atom. The van der Waals surface area contributed by atoms with E-state index in [-0.39, 0.29) is 40.0 Å². The van der Waals surface area contributed by atoms with Gasteiger partial charge in [0.1, 0.15) is 11.6 Å². The van der Waals surface area contributed by atoms with Gasteiger partial charge < -0.3 is 10.2 Å². The first-order chi connectivity index (χ1) is 17.7. The van der Waals surface area contributed by atoms with Crippen molar-refractivity contribution in [3.8, 4) is 0 Å². The molecule has 0 unspecified atom stereocenters. The molecule has 2 heterocycles. The SMILES string of the molecule is Cc1cc(F)ccc1Nc1cc(S(=O)(=O)NC2CC2)ncc1C(=O)N1CCC(c2ccc(F)cc2)CC1. The third-order valence-electron chi connectivity index (χ3n) is 6.87. The van der Waals surface area contributed by atoms with Crippen molar-refractivity contribution in [2.75, 3.05) is 18.4 Å². The van der Waals surface area contributed by atoms with Gasteiger partial charge in [-0.25, -0.2) is 26.9 Å². The lowest BCUT2D eigenvalue weighted by Crippen LogP contribution is -2.38. The monoisotopic (exact) mass is 526 g/mol. The molecule has 0 radical (unpaired) electrons. The number of sulfonamides is 1. The van der Waals surface area contributed by atoms with Gasteiger partial charge in [-0.1, -0.05) is 12.1 Å². The van der Waals surface area contributed by atoms with E-state index in [2.05, 4.69) is 15.0 Å². The molecule has 2 aromatic carbocycles. The third kappa shape index (κ3) is 5.80. The van der Waals surface area contributed by atoms with E-state index in [1.807, 2.05) is 0 Å². The second-order valence-electron chi connectivity index (χ2n) is 9.67. The highest BCUT2D eigenvalue weighted by Gasteiger charge is 2.31. The zero-order valence-electron chi connectivity index (χ0n) is 20.4. The normalized spacial score (nSPS) is 16.6. The van der Waals surface area contributed by atoms with Crippen molar-refractivity contribution in [1.29, 1.82) is 0 Å². The zero-order valence-corrected chi connectivity index (χ0v) is 21.2. The van der Waals surface area contributed by atoms with Crippen LogP contribution in [0, 0.1) is 18.6 Å². The van der Waals surface area contributed by atoms with Crippen molar-refractivity contribution in [3.05, 3.63) is 83.1 Å². The van der Waals surface area contributed by atoms with E-state index in [4.69, 9.17) is 0 Å². The van der Waals surface area contributed by atoms with Crippen LogP contribution >= 0.6 is 0 Å². The molecule has 3 aromatic rings. The van der Waals surface area contributed by atoms with Crippen LogP contribution in [-0.2, 0) is 10.0 Å². The Morgan fingerprint density at radius 2 is 1.62 bits per heavy atom. The number of pyridine rings is 1. The predicted octanol–water partition coefficient (Wildman–Crippen LogP) is 4.87. The van der Waals surface area contributed by atoms with Gasteiger partial charge in [-0.3, -0.25) is 4.79 Å². The molecule has 1 saturated carbocycles. The summed E-state index contributed by atoms with van der Waals surface area (Å²) in [7, 11) is -3.85. The maximum absolute atomic E-state index is 13.7. The first-order valence-corrected chi connectivity index (χ1v) is 13.8. The molecule has 0 spiro atoms. The third-order valence-corrected chi connectivity index (χ3v) is 8.28. The summed E-state index contributed by atoms with van der Waals surface area (Å²) < 4.78 is 55.2. The second-order valence-corrected chi connectivity index (χ2v) is 11.3. The van der Waals surface area contributed by atoms with Crippen molar-refractivity contribution < 1.29 is 22.0 Å². The highest BCUT2D eigenvalue weighted by atomic mass is 32.2. The Morgan fingerprint density at radius 1 is 0.946 bits per heavy atom. The minimum Gasteiger partial charge on any atom is -0.355 e. The van der Waals surface area contributed by atoms with Crippen molar-refractivity contribution in [2.45, 2.75) is 49.6 Å². The number of piperidine rings is 1. The van der Waals surface area contributed by atoms with Gasteiger partial charge >= 0.3 is 0 Å². The lowest BCUT2D eigenvalue weighted by molar-refractivity contribution is 0.0713. The number of carbonyl (C=O) groups excluding carboxylic acids is 1. The number of hydrogen-bond donors (Lipinski definition) is 2. The Balaban J connectivity index is 1.40. The first kappa shape index (κ1) is 25.3. The Bertz CT molecular complexity index is 1420. The van der Waals surface area contributed by atoms with Gasteiger partial charge in [0.2, 0.25) is 0 Å². The smallest absolute Gasteiger partial charge is 0.258 e. The van der Waals surface area contributed by atoms with Crippen LogP contribution in [-0.4, -0.2) is 43.3 Å². The van der Waals surface area contributed by atoms with Gasteiger partial charge in [0, 0.05) is 37.1 Å². The number of nitrogens with one attached hydrogen (secondary N) is 2.